The topological polar surface area (TPSA) is 86.2 Å². The van der Waals surface area contributed by atoms with Crippen molar-refractivity contribution in [3.05, 3.63) is 96.1 Å². The highest BCUT2D eigenvalue weighted by Crippen LogP contribution is 2.25. The lowest BCUT2D eigenvalue weighted by Crippen LogP contribution is -2.24. The molecule has 0 aliphatic rings. The molecule has 3 rings (SSSR count). The molecule has 0 heterocycles. The van der Waals surface area contributed by atoms with Gasteiger partial charge in [-0.3, -0.25) is 4.79 Å². The van der Waals surface area contributed by atoms with Crippen LogP contribution in [0.2, 0.25) is 0 Å². The summed E-state index contributed by atoms with van der Waals surface area (Å²) in [7, 11) is 1.53. The molecule has 1 N–H and O–H groups in total. The highest BCUT2D eigenvalue weighted by Gasteiger charge is 2.06. The van der Waals surface area contributed by atoms with Gasteiger partial charge < -0.3 is 14.2 Å². The predicted molar refractivity (Wildman–Crippen MR) is 122 cm³/mol. The number of benzene rings is 3. The second-order valence-electron chi connectivity index (χ2n) is 6.47. The lowest BCUT2D eigenvalue weighted by Gasteiger charge is -2.09. The molecule has 0 aliphatic heterocycles. The minimum Gasteiger partial charge on any atom is -0.493 e. The van der Waals surface area contributed by atoms with Crippen molar-refractivity contribution >= 4 is 24.2 Å². The summed E-state index contributed by atoms with van der Waals surface area (Å²) < 4.78 is 15.9. The van der Waals surface area contributed by atoms with E-state index in [1.807, 2.05) is 36.4 Å². The molecule has 0 fully saturated rings. The molecule has 32 heavy (non-hydrogen) atoms. The van der Waals surface area contributed by atoms with E-state index in [9.17, 15) is 9.59 Å². The van der Waals surface area contributed by atoms with Crippen LogP contribution in [-0.4, -0.2) is 31.8 Å². The first-order valence-corrected chi connectivity index (χ1v) is 9.77. The first kappa shape index (κ1) is 22.3. The number of methoxy groups -OCH3 is 1. The third-order valence-corrected chi connectivity index (χ3v) is 4.14. The van der Waals surface area contributed by atoms with Gasteiger partial charge in [0, 0.05) is 6.08 Å². The van der Waals surface area contributed by atoms with Gasteiger partial charge in [-0.25, -0.2) is 10.2 Å². The Balaban J connectivity index is 1.44. The van der Waals surface area contributed by atoms with Gasteiger partial charge in [-0.2, -0.15) is 5.10 Å². The van der Waals surface area contributed by atoms with Crippen LogP contribution in [0, 0.1) is 0 Å². The average molecular weight is 430 g/mol. The fourth-order valence-electron chi connectivity index (χ4n) is 2.59. The molecule has 0 bridgehead atoms. The van der Waals surface area contributed by atoms with Crippen molar-refractivity contribution in [2.24, 2.45) is 5.10 Å². The molecular formula is C25H22N2O5. The molecule has 0 spiro atoms. The van der Waals surface area contributed by atoms with Gasteiger partial charge in [0.15, 0.2) is 18.1 Å². The van der Waals surface area contributed by atoms with Crippen molar-refractivity contribution in [2.75, 3.05) is 13.7 Å². The van der Waals surface area contributed by atoms with E-state index in [0.717, 1.165) is 11.1 Å². The third-order valence-electron chi connectivity index (χ3n) is 4.14. The zero-order valence-corrected chi connectivity index (χ0v) is 17.4. The minimum atomic E-state index is -0.474. The summed E-state index contributed by atoms with van der Waals surface area (Å²) in [5, 5.41) is 3.90. The maximum atomic E-state index is 11.9. The highest BCUT2D eigenvalue weighted by molar-refractivity contribution is 5.89. The molecule has 0 aromatic heterocycles. The Labute approximate surface area is 185 Å². The zero-order valence-electron chi connectivity index (χ0n) is 17.4. The summed E-state index contributed by atoms with van der Waals surface area (Å²) in [4.78, 5) is 23.8. The minimum absolute atomic E-state index is 0.205. The Hall–Kier alpha value is -4.39. The van der Waals surface area contributed by atoms with Crippen molar-refractivity contribution in [1.82, 2.24) is 5.43 Å². The number of nitrogens with zero attached hydrogens (tertiary/aromatic N) is 1. The SMILES string of the molecule is COc1ccccc1OCC(=O)N/N=C\c1ccc(OC(=O)/C=C/c2ccccc2)cc1. The van der Waals surface area contributed by atoms with Gasteiger partial charge in [0.25, 0.3) is 5.91 Å². The molecule has 3 aromatic rings. The van der Waals surface area contributed by atoms with Crippen molar-refractivity contribution < 1.29 is 23.8 Å². The normalized spacial score (nSPS) is 10.8. The van der Waals surface area contributed by atoms with E-state index in [-0.39, 0.29) is 6.61 Å². The number of carbonyl (C=O) groups excluding carboxylic acids is 2. The average Bonchev–Trinajstić information content (AvgIpc) is 2.83. The summed E-state index contributed by atoms with van der Waals surface area (Å²) in [6.07, 6.45) is 4.53. The van der Waals surface area contributed by atoms with Gasteiger partial charge in [-0.15, -0.1) is 0 Å². The second-order valence-corrected chi connectivity index (χ2v) is 6.47. The summed E-state index contributed by atoms with van der Waals surface area (Å²) in [6, 6.07) is 23.2. The van der Waals surface area contributed by atoms with E-state index in [2.05, 4.69) is 10.5 Å². The molecule has 0 aliphatic carbocycles. The number of rotatable bonds is 9. The van der Waals surface area contributed by atoms with Crippen LogP contribution in [0.1, 0.15) is 11.1 Å². The standard InChI is InChI=1S/C25H22N2O5/c1-30-22-9-5-6-10-23(22)31-18-24(28)27-26-17-20-11-14-21(15-12-20)32-25(29)16-13-19-7-3-2-4-8-19/h2-17H,18H2,1H3,(H,27,28)/b16-13+,26-17-. The fourth-order valence-corrected chi connectivity index (χ4v) is 2.59. The van der Waals surface area contributed by atoms with Crippen LogP contribution in [0.15, 0.2) is 90.0 Å². The van der Waals surface area contributed by atoms with Crippen molar-refractivity contribution in [3.63, 3.8) is 0 Å². The molecule has 0 unspecified atom stereocenters. The van der Waals surface area contributed by atoms with Crippen LogP contribution in [0.25, 0.3) is 6.08 Å². The van der Waals surface area contributed by atoms with Crippen molar-refractivity contribution in [1.29, 1.82) is 0 Å². The smallest absolute Gasteiger partial charge is 0.336 e. The van der Waals surface area contributed by atoms with Gasteiger partial charge in [0.1, 0.15) is 5.75 Å². The van der Waals surface area contributed by atoms with Crippen LogP contribution in [0.3, 0.4) is 0 Å². The highest BCUT2D eigenvalue weighted by atomic mass is 16.5. The molecule has 7 heteroatoms. The lowest BCUT2D eigenvalue weighted by atomic mass is 10.2. The first-order chi connectivity index (χ1) is 15.6. The van der Waals surface area contributed by atoms with Crippen LogP contribution in [-0.2, 0) is 9.59 Å². The molecular weight excluding hydrogens is 408 g/mol. The monoisotopic (exact) mass is 430 g/mol. The molecule has 3 aromatic carbocycles. The number of ether oxygens (including phenoxy) is 3. The number of para-hydroxylation sites is 2. The first-order valence-electron chi connectivity index (χ1n) is 9.77. The second kappa shape index (κ2) is 11.7. The van der Waals surface area contributed by atoms with E-state index in [4.69, 9.17) is 14.2 Å². The molecule has 0 saturated carbocycles. The number of esters is 1. The fraction of sp³-hybridized carbons (Fsp3) is 0.0800. The summed E-state index contributed by atoms with van der Waals surface area (Å²) in [6.45, 7) is -0.205. The van der Waals surface area contributed by atoms with Crippen LogP contribution in [0.4, 0.5) is 0 Å². The lowest BCUT2D eigenvalue weighted by molar-refractivity contribution is -0.129. The molecule has 162 valence electrons. The number of hydrogen-bond acceptors (Lipinski definition) is 6. The molecule has 0 radical (unpaired) electrons. The van der Waals surface area contributed by atoms with Crippen molar-refractivity contribution in [3.8, 4) is 17.2 Å². The molecule has 0 saturated heterocycles. The van der Waals surface area contributed by atoms with Gasteiger partial charge in [0.2, 0.25) is 0 Å². The summed E-state index contributed by atoms with van der Waals surface area (Å²) in [5.41, 5.74) is 4.01. The quantitative estimate of drug-likeness (QED) is 0.183. The van der Waals surface area contributed by atoms with Crippen molar-refractivity contribution in [2.45, 2.75) is 0 Å². The van der Waals surface area contributed by atoms with E-state index >= 15 is 0 Å². The number of hydrogen-bond donors (Lipinski definition) is 1. The van der Waals surface area contributed by atoms with Gasteiger partial charge >= 0.3 is 5.97 Å². The van der Waals surface area contributed by atoms with Gasteiger partial charge in [0.05, 0.1) is 13.3 Å². The number of nitrogens with one attached hydrogen (secondary N) is 1. The Morgan fingerprint density at radius 1 is 0.875 bits per heavy atom. The summed E-state index contributed by atoms with van der Waals surface area (Å²) >= 11 is 0. The van der Waals surface area contributed by atoms with E-state index in [1.54, 1.807) is 48.5 Å². The maximum Gasteiger partial charge on any atom is 0.336 e. The van der Waals surface area contributed by atoms with E-state index in [0.29, 0.717) is 17.2 Å². The molecule has 1 amide bonds. The molecule has 7 nitrogen and oxygen atoms in total. The largest absolute Gasteiger partial charge is 0.493 e. The number of carbonyl (C=O) groups is 2. The predicted octanol–water partition coefficient (Wildman–Crippen LogP) is 3.84. The Kier molecular flexibility index (Phi) is 8.16. The van der Waals surface area contributed by atoms with Gasteiger partial charge in [-0.05, 0) is 53.6 Å². The Morgan fingerprint density at radius 3 is 2.28 bits per heavy atom. The third kappa shape index (κ3) is 7.14. The maximum absolute atomic E-state index is 11.9. The van der Waals surface area contributed by atoms with Crippen LogP contribution < -0.4 is 19.6 Å². The van der Waals surface area contributed by atoms with E-state index in [1.165, 1.54) is 19.4 Å². The number of amides is 1. The van der Waals surface area contributed by atoms with Crippen LogP contribution >= 0.6 is 0 Å². The summed E-state index contributed by atoms with van der Waals surface area (Å²) in [5.74, 6) is 0.526. The zero-order chi connectivity index (χ0) is 22.6. The Morgan fingerprint density at radius 2 is 1.56 bits per heavy atom. The Bertz CT molecular complexity index is 1090. The van der Waals surface area contributed by atoms with E-state index < -0.39 is 11.9 Å². The van der Waals surface area contributed by atoms with Crippen LogP contribution in [0.5, 0.6) is 17.2 Å². The molecule has 0 atom stereocenters. The van der Waals surface area contributed by atoms with Gasteiger partial charge in [-0.1, -0.05) is 42.5 Å². The number of hydrazone groups is 1.